The molecule has 1 atom stereocenters. The van der Waals surface area contributed by atoms with Gasteiger partial charge in [-0.05, 0) is 42.6 Å². The maximum atomic E-state index is 12.1. The van der Waals surface area contributed by atoms with Gasteiger partial charge in [-0.3, -0.25) is 4.79 Å². The number of benzene rings is 1. The zero-order chi connectivity index (χ0) is 16.9. The van der Waals surface area contributed by atoms with Gasteiger partial charge in [0.2, 0.25) is 0 Å². The van der Waals surface area contributed by atoms with Gasteiger partial charge in [-0.15, -0.1) is 11.3 Å². The molecule has 5 nitrogen and oxygen atoms in total. The molecule has 0 aliphatic rings. The number of ether oxygens (including phenoxy) is 1. The zero-order valence-electron chi connectivity index (χ0n) is 12.9. The molecule has 1 amide bonds. The molecule has 124 valence electrons. The Bertz CT molecular complexity index is 800. The van der Waals surface area contributed by atoms with E-state index in [0.29, 0.717) is 23.1 Å². The fourth-order valence-electron chi connectivity index (χ4n) is 2.03. The largest absolute Gasteiger partial charge is 0.489 e. The summed E-state index contributed by atoms with van der Waals surface area (Å²) >= 11 is 7.36. The van der Waals surface area contributed by atoms with Gasteiger partial charge in [0.15, 0.2) is 11.5 Å². The Morgan fingerprint density at radius 3 is 2.88 bits per heavy atom. The first-order valence-electron chi connectivity index (χ1n) is 7.33. The summed E-state index contributed by atoms with van der Waals surface area (Å²) in [6.07, 6.45) is -0.196. The Balaban J connectivity index is 1.52. The molecule has 2 heterocycles. The van der Waals surface area contributed by atoms with E-state index in [9.17, 15) is 4.79 Å². The van der Waals surface area contributed by atoms with Crippen molar-refractivity contribution in [3.05, 3.63) is 58.6 Å². The normalized spacial score (nSPS) is 11.9. The van der Waals surface area contributed by atoms with Crippen molar-refractivity contribution in [2.75, 3.05) is 6.54 Å². The number of hydrogen-bond donors (Lipinski definition) is 1. The van der Waals surface area contributed by atoms with E-state index in [1.165, 1.54) is 11.3 Å². The second-order valence-electron chi connectivity index (χ2n) is 5.15. The van der Waals surface area contributed by atoms with Gasteiger partial charge in [-0.2, -0.15) is 0 Å². The molecule has 0 aliphatic carbocycles. The third-order valence-corrected chi connectivity index (χ3v) is 4.34. The molecule has 1 N–H and O–H groups in total. The Morgan fingerprint density at radius 2 is 2.17 bits per heavy atom. The number of carbonyl (C=O) groups is 1. The van der Waals surface area contributed by atoms with E-state index in [1.54, 1.807) is 30.3 Å². The lowest BCUT2D eigenvalue weighted by molar-refractivity contribution is 0.0923. The molecule has 24 heavy (non-hydrogen) atoms. The maximum Gasteiger partial charge on any atom is 0.273 e. The van der Waals surface area contributed by atoms with E-state index in [4.69, 9.17) is 20.9 Å². The number of thiophene rings is 1. The lowest BCUT2D eigenvalue weighted by atomic mass is 10.3. The first-order valence-corrected chi connectivity index (χ1v) is 8.58. The van der Waals surface area contributed by atoms with E-state index >= 15 is 0 Å². The van der Waals surface area contributed by atoms with Crippen LogP contribution in [0.1, 0.15) is 17.4 Å². The standard InChI is InChI=1S/C17H15ClN2O3S/c1-11(22-13-6-4-12(18)5-7-13)10-19-17(21)14-9-15(23-20-14)16-3-2-8-24-16/h2-9,11H,10H2,1H3,(H,19,21)/t11-/m1/s1. The van der Waals surface area contributed by atoms with E-state index in [-0.39, 0.29) is 17.7 Å². The molecule has 0 aliphatic heterocycles. The van der Waals surface area contributed by atoms with Crippen molar-refractivity contribution in [2.45, 2.75) is 13.0 Å². The number of nitrogens with one attached hydrogen (secondary N) is 1. The summed E-state index contributed by atoms with van der Waals surface area (Å²) in [4.78, 5) is 13.1. The van der Waals surface area contributed by atoms with Crippen molar-refractivity contribution in [1.82, 2.24) is 10.5 Å². The van der Waals surface area contributed by atoms with Gasteiger partial charge in [-0.1, -0.05) is 22.8 Å². The fraction of sp³-hybridized carbons (Fsp3) is 0.176. The first-order chi connectivity index (χ1) is 11.6. The number of carbonyl (C=O) groups excluding carboxylic acids is 1. The van der Waals surface area contributed by atoms with Crippen LogP contribution >= 0.6 is 22.9 Å². The smallest absolute Gasteiger partial charge is 0.273 e. The van der Waals surface area contributed by atoms with Gasteiger partial charge in [0.1, 0.15) is 11.9 Å². The quantitative estimate of drug-likeness (QED) is 0.711. The summed E-state index contributed by atoms with van der Waals surface area (Å²) in [7, 11) is 0. The Labute approximate surface area is 148 Å². The van der Waals surface area contributed by atoms with Crippen molar-refractivity contribution in [1.29, 1.82) is 0 Å². The molecule has 1 aromatic carbocycles. The molecule has 3 rings (SSSR count). The van der Waals surface area contributed by atoms with Crippen LogP contribution < -0.4 is 10.1 Å². The monoisotopic (exact) mass is 362 g/mol. The van der Waals surface area contributed by atoms with Crippen molar-refractivity contribution in [2.24, 2.45) is 0 Å². The van der Waals surface area contributed by atoms with Crippen LogP contribution in [0, 0.1) is 0 Å². The molecule has 0 spiro atoms. The average Bonchev–Trinajstić information content (AvgIpc) is 3.25. The Hall–Kier alpha value is -2.31. The number of nitrogens with zero attached hydrogens (tertiary/aromatic N) is 1. The summed E-state index contributed by atoms with van der Waals surface area (Å²) in [6.45, 7) is 2.22. The van der Waals surface area contributed by atoms with E-state index in [1.807, 2.05) is 24.4 Å². The Kier molecular flexibility index (Phi) is 5.17. The van der Waals surface area contributed by atoms with Crippen LogP contribution in [0.4, 0.5) is 0 Å². The van der Waals surface area contributed by atoms with Gasteiger partial charge in [-0.25, -0.2) is 0 Å². The van der Waals surface area contributed by atoms with Crippen molar-refractivity contribution in [3.8, 4) is 16.4 Å². The van der Waals surface area contributed by atoms with Crippen molar-refractivity contribution < 1.29 is 14.1 Å². The Morgan fingerprint density at radius 1 is 1.38 bits per heavy atom. The number of aromatic nitrogens is 1. The molecule has 0 saturated heterocycles. The number of amides is 1. The number of rotatable bonds is 6. The van der Waals surface area contributed by atoms with Crippen LogP contribution in [0.25, 0.3) is 10.6 Å². The summed E-state index contributed by atoms with van der Waals surface area (Å²) in [5.41, 5.74) is 0.247. The third-order valence-electron chi connectivity index (χ3n) is 3.21. The topological polar surface area (TPSA) is 64.4 Å². The highest BCUT2D eigenvalue weighted by atomic mass is 35.5. The molecule has 3 aromatic rings. The summed E-state index contributed by atoms with van der Waals surface area (Å²) in [5.74, 6) is 0.983. The molecular formula is C17H15ClN2O3S. The summed E-state index contributed by atoms with van der Waals surface area (Å²) in [6, 6.07) is 12.5. The minimum absolute atomic E-state index is 0.196. The third kappa shape index (κ3) is 4.15. The molecule has 2 aromatic heterocycles. The maximum absolute atomic E-state index is 12.1. The minimum atomic E-state index is -0.298. The molecule has 7 heteroatoms. The second-order valence-corrected chi connectivity index (χ2v) is 6.53. The fourth-order valence-corrected chi connectivity index (χ4v) is 2.83. The van der Waals surface area contributed by atoms with Crippen LogP contribution in [-0.4, -0.2) is 23.7 Å². The van der Waals surface area contributed by atoms with Crippen LogP contribution in [0.2, 0.25) is 5.02 Å². The lowest BCUT2D eigenvalue weighted by Crippen LogP contribution is -2.33. The molecule has 0 radical (unpaired) electrons. The van der Waals surface area contributed by atoms with Crippen molar-refractivity contribution in [3.63, 3.8) is 0 Å². The first kappa shape index (κ1) is 16.5. The average molecular weight is 363 g/mol. The van der Waals surface area contributed by atoms with Gasteiger partial charge < -0.3 is 14.6 Å². The van der Waals surface area contributed by atoms with Crippen LogP contribution in [0.3, 0.4) is 0 Å². The minimum Gasteiger partial charge on any atom is -0.489 e. The summed E-state index contributed by atoms with van der Waals surface area (Å²) in [5, 5.41) is 9.17. The lowest BCUT2D eigenvalue weighted by Gasteiger charge is -2.15. The van der Waals surface area contributed by atoms with E-state index in [2.05, 4.69) is 10.5 Å². The van der Waals surface area contributed by atoms with Gasteiger partial charge in [0.25, 0.3) is 5.91 Å². The molecule has 0 unspecified atom stereocenters. The van der Waals surface area contributed by atoms with Gasteiger partial charge in [0, 0.05) is 11.1 Å². The predicted molar refractivity (Wildman–Crippen MR) is 93.7 cm³/mol. The van der Waals surface area contributed by atoms with E-state index in [0.717, 1.165) is 4.88 Å². The van der Waals surface area contributed by atoms with Crippen molar-refractivity contribution >= 4 is 28.8 Å². The van der Waals surface area contributed by atoms with E-state index < -0.39 is 0 Å². The van der Waals surface area contributed by atoms with Crippen LogP contribution in [0.15, 0.2) is 52.4 Å². The zero-order valence-corrected chi connectivity index (χ0v) is 14.4. The predicted octanol–water partition coefficient (Wildman–Crippen LogP) is 4.25. The van der Waals surface area contributed by atoms with Gasteiger partial charge in [0.05, 0.1) is 11.4 Å². The van der Waals surface area contributed by atoms with Gasteiger partial charge >= 0.3 is 0 Å². The molecule has 0 saturated carbocycles. The van der Waals surface area contributed by atoms with Crippen LogP contribution in [0.5, 0.6) is 5.75 Å². The molecular weight excluding hydrogens is 348 g/mol. The number of hydrogen-bond acceptors (Lipinski definition) is 5. The number of halogens is 1. The summed E-state index contributed by atoms with van der Waals surface area (Å²) < 4.78 is 10.9. The molecule has 0 bridgehead atoms. The van der Waals surface area contributed by atoms with Crippen LogP contribution in [-0.2, 0) is 0 Å². The highest BCUT2D eigenvalue weighted by Crippen LogP contribution is 2.25. The highest BCUT2D eigenvalue weighted by Gasteiger charge is 2.15. The molecule has 0 fully saturated rings. The highest BCUT2D eigenvalue weighted by molar-refractivity contribution is 7.13. The SMILES string of the molecule is C[C@H](CNC(=O)c1cc(-c2cccs2)on1)Oc1ccc(Cl)cc1. The second kappa shape index (κ2) is 7.51.